The van der Waals surface area contributed by atoms with Crippen molar-refractivity contribution in [1.82, 2.24) is 4.98 Å². The van der Waals surface area contributed by atoms with Crippen molar-refractivity contribution in [3.63, 3.8) is 0 Å². The fourth-order valence-electron chi connectivity index (χ4n) is 1.88. The fourth-order valence-corrected chi connectivity index (χ4v) is 1.88. The van der Waals surface area contributed by atoms with Gasteiger partial charge in [0, 0.05) is 5.69 Å². The molecule has 0 saturated heterocycles. The number of hydrogen-bond donors (Lipinski definition) is 2. The minimum Gasteiger partial charge on any atom is -0.383 e. The van der Waals surface area contributed by atoms with Crippen molar-refractivity contribution in [3.05, 3.63) is 53.5 Å². The molecule has 0 aliphatic heterocycles. The van der Waals surface area contributed by atoms with Crippen LogP contribution < -0.4 is 11.1 Å². The van der Waals surface area contributed by atoms with Crippen LogP contribution in [0.4, 0.5) is 15.9 Å². The lowest BCUT2D eigenvalue weighted by molar-refractivity contribution is 0.102. The molecule has 1 aromatic carbocycles. The van der Waals surface area contributed by atoms with Crippen molar-refractivity contribution >= 4 is 17.4 Å². The maximum atomic E-state index is 13.1. The van der Waals surface area contributed by atoms with Gasteiger partial charge in [0.2, 0.25) is 0 Å². The average molecular weight is 287 g/mol. The predicted octanol–water partition coefficient (Wildman–Crippen LogP) is 3.35. The molecule has 0 atom stereocenters. The number of pyridine rings is 1. The summed E-state index contributed by atoms with van der Waals surface area (Å²) in [5.41, 5.74) is 7.43. The molecule has 4 nitrogen and oxygen atoms in total. The van der Waals surface area contributed by atoms with E-state index in [1.807, 2.05) is 12.1 Å². The molecular weight excluding hydrogens is 269 g/mol. The molecule has 21 heavy (non-hydrogen) atoms. The molecule has 0 spiro atoms. The van der Waals surface area contributed by atoms with Crippen LogP contribution in [-0.2, 0) is 5.41 Å². The summed E-state index contributed by atoms with van der Waals surface area (Å²) in [5.74, 6) is -1.08. The maximum absolute atomic E-state index is 13.1. The van der Waals surface area contributed by atoms with Crippen LogP contribution >= 0.6 is 0 Å². The molecule has 1 amide bonds. The van der Waals surface area contributed by atoms with Gasteiger partial charge in [0.05, 0.1) is 11.8 Å². The molecule has 2 rings (SSSR count). The summed E-state index contributed by atoms with van der Waals surface area (Å²) in [6.07, 6.45) is 0.976. The highest BCUT2D eigenvalue weighted by Gasteiger charge is 2.15. The van der Waals surface area contributed by atoms with Crippen LogP contribution in [0.15, 0.2) is 36.5 Å². The lowest BCUT2D eigenvalue weighted by atomic mass is 9.87. The Bertz CT molecular complexity index is 660. The molecule has 0 aliphatic rings. The molecule has 1 aromatic heterocycles. The number of nitrogens with zero attached hydrogens (tertiary/aromatic N) is 1. The van der Waals surface area contributed by atoms with Gasteiger partial charge in [-0.1, -0.05) is 32.9 Å². The number of benzene rings is 1. The Morgan fingerprint density at radius 2 is 1.86 bits per heavy atom. The Hall–Kier alpha value is -2.43. The quantitative estimate of drug-likeness (QED) is 0.890. The van der Waals surface area contributed by atoms with Gasteiger partial charge in [-0.3, -0.25) is 4.79 Å². The van der Waals surface area contributed by atoms with E-state index in [0.717, 1.165) is 17.8 Å². The summed E-state index contributed by atoms with van der Waals surface area (Å²) in [7, 11) is 0. The average Bonchev–Trinajstić information content (AvgIpc) is 2.41. The number of nitrogen functional groups attached to an aromatic ring is 1. The number of amides is 1. The summed E-state index contributed by atoms with van der Waals surface area (Å²) >= 11 is 0. The van der Waals surface area contributed by atoms with Gasteiger partial charge in [-0.2, -0.15) is 0 Å². The number of halogens is 1. The van der Waals surface area contributed by atoms with Crippen molar-refractivity contribution in [2.45, 2.75) is 26.2 Å². The van der Waals surface area contributed by atoms with E-state index in [0.29, 0.717) is 5.69 Å². The normalized spacial score (nSPS) is 11.2. The SMILES string of the molecule is CC(C)(C)c1ccc(NC(=O)c2cc(F)cnc2N)cc1. The van der Waals surface area contributed by atoms with Gasteiger partial charge < -0.3 is 11.1 Å². The standard InChI is InChI=1S/C16H18FN3O/c1-16(2,3)10-4-6-12(7-5-10)20-15(21)13-8-11(17)9-19-14(13)18/h4-9H,1-3H3,(H2,18,19)(H,20,21). The first-order chi connectivity index (χ1) is 9.77. The largest absolute Gasteiger partial charge is 0.383 e. The summed E-state index contributed by atoms with van der Waals surface area (Å²) in [6.45, 7) is 6.33. The molecule has 0 unspecified atom stereocenters. The Kier molecular flexibility index (Phi) is 3.93. The second-order valence-electron chi connectivity index (χ2n) is 5.87. The van der Waals surface area contributed by atoms with Crippen LogP contribution in [0.1, 0.15) is 36.7 Å². The van der Waals surface area contributed by atoms with E-state index in [9.17, 15) is 9.18 Å². The lowest BCUT2D eigenvalue weighted by Gasteiger charge is -2.19. The van der Waals surface area contributed by atoms with Crippen LogP contribution in [0.5, 0.6) is 0 Å². The van der Waals surface area contributed by atoms with Crippen LogP contribution in [0.3, 0.4) is 0 Å². The zero-order valence-electron chi connectivity index (χ0n) is 12.3. The highest BCUT2D eigenvalue weighted by atomic mass is 19.1. The molecular formula is C16H18FN3O. The maximum Gasteiger partial charge on any atom is 0.259 e. The van der Waals surface area contributed by atoms with Gasteiger partial charge in [-0.05, 0) is 29.2 Å². The summed E-state index contributed by atoms with van der Waals surface area (Å²) in [5, 5.41) is 2.68. The molecule has 2 aromatic rings. The fraction of sp³-hybridized carbons (Fsp3) is 0.250. The van der Waals surface area contributed by atoms with E-state index < -0.39 is 11.7 Å². The molecule has 3 N–H and O–H groups in total. The third kappa shape index (κ3) is 3.56. The Morgan fingerprint density at radius 1 is 1.24 bits per heavy atom. The molecule has 1 heterocycles. The predicted molar refractivity (Wildman–Crippen MR) is 81.7 cm³/mol. The van der Waals surface area contributed by atoms with E-state index in [1.54, 1.807) is 12.1 Å². The Morgan fingerprint density at radius 3 is 2.43 bits per heavy atom. The molecule has 110 valence electrons. The lowest BCUT2D eigenvalue weighted by Crippen LogP contribution is -2.16. The second-order valence-corrected chi connectivity index (χ2v) is 5.87. The van der Waals surface area contributed by atoms with E-state index in [4.69, 9.17) is 5.73 Å². The molecule has 5 heteroatoms. The number of aromatic nitrogens is 1. The van der Waals surface area contributed by atoms with E-state index in [1.165, 1.54) is 0 Å². The smallest absolute Gasteiger partial charge is 0.259 e. The second kappa shape index (κ2) is 5.52. The first-order valence-corrected chi connectivity index (χ1v) is 6.60. The number of carbonyl (C=O) groups is 1. The Labute approximate surface area is 123 Å². The summed E-state index contributed by atoms with van der Waals surface area (Å²) in [4.78, 5) is 15.7. The summed E-state index contributed by atoms with van der Waals surface area (Å²) in [6, 6.07) is 8.58. The molecule has 0 fully saturated rings. The van der Waals surface area contributed by atoms with Gasteiger partial charge in [-0.25, -0.2) is 9.37 Å². The third-order valence-corrected chi connectivity index (χ3v) is 3.14. The van der Waals surface area contributed by atoms with Gasteiger partial charge in [0.25, 0.3) is 5.91 Å². The monoisotopic (exact) mass is 287 g/mol. The van der Waals surface area contributed by atoms with E-state index in [-0.39, 0.29) is 16.8 Å². The van der Waals surface area contributed by atoms with Crippen LogP contribution in [0.2, 0.25) is 0 Å². The molecule has 0 radical (unpaired) electrons. The van der Waals surface area contributed by atoms with Gasteiger partial charge >= 0.3 is 0 Å². The van der Waals surface area contributed by atoms with Crippen LogP contribution in [0.25, 0.3) is 0 Å². The zero-order chi connectivity index (χ0) is 15.6. The number of anilines is 2. The third-order valence-electron chi connectivity index (χ3n) is 3.14. The molecule has 0 aliphatic carbocycles. The van der Waals surface area contributed by atoms with Crippen molar-refractivity contribution in [2.75, 3.05) is 11.1 Å². The van der Waals surface area contributed by atoms with Gasteiger partial charge in [0.15, 0.2) is 0 Å². The first kappa shape index (κ1) is 15.0. The van der Waals surface area contributed by atoms with E-state index in [2.05, 4.69) is 31.1 Å². The highest BCUT2D eigenvalue weighted by Crippen LogP contribution is 2.23. The first-order valence-electron chi connectivity index (χ1n) is 6.60. The number of nitrogens with two attached hydrogens (primary N) is 1. The minimum absolute atomic E-state index is 0.000196. The number of carbonyl (C=O) groups excluding carboxylic acids is 1. The van der Waals surface area contributed by atoms with Crippen molar-refractivity contribution in [2.24, 2.45) is 0 Å². The topological polar surface area (TPSA) is 68.0 Å². The molecule has 0 bridgehead atoms. The highest BCUT2D eigenvalue weighted by molar-refractivity contribution is 6.07. The van der Waals surface area contributed by atoms with E-state index >= 15 is 0 Å². The van der Waals surface area contributed by atoms with Gasteiger partial charge in [0.1, 0.15) is 11.6 Å². The zero-order valence-corrected chi connectivity index (χ0v) is 12.3. The van der Waals surface area contributed by atoms with Crippen molar-refractivity contribution in [3.8, 4) is 0 Å². The van der Waals surface area contributed by atoms with Gasteiger partial charge in [-0.15, -0.1) is 0 Å². The number of nitrogens with one attached hydrogen (secondary N) is 1. The minimum atomic E-state index is -0.600. The van der Waals surface area contributed by atoms with Crippen molar-refractivity contribution in [1.29, 1.82) is 0 Å². The number of hydrogen-bond acceptors (Lipinski definition) is 3. The molecule has 0 saturated carbocycles. The number of rotatable bonds is 2. The van der Waals surface area contributed by atoms with Crippen molar-refractivity contribution < 1.29 is 9.18 Å². The summed E-state index contributed by atoms with van der Waals surface area (Å²) < 4.78 is 13.1. The van der Waals surface area contributed by atoms with Crippen LogP contribution in [-0.4, -0.2) is 10.9 Å². The Balaban J connectivity index is 2.18. The van der Waals surface area contributed by atoms with Crippen LogP contribution in [0, 0.1) is 5.82 Å².